The number of rotatable bonds is 2. The van der Waals surface area contributed by atoms with Crippen LogP contribution in [0.3, 0.4) is 0 Å². The molecule has 0 radical (unpaired) electrons. The van der Waals surface area contributed by atoms with Gasteiger partial charge in [0.05, 0.1) is 0 Å². The predicted octanol–water partition coefficient (Wildman–Crippen LogP) is 0.625. The number of aromatic hydroxyl groups is 1. The maximum atomic E-state index is 12.2. The Balaban J connectivity index is 2.13. The Kier molecular flexibility index (Phi) is 3.21. The minimum Gasteiger partial charge on any atom is -0.501 e. The summed E-state index contributed by atoms with van der Waals surface area (Å²) in [5.74, 6) is -0.420. The summed E-state index contributed by atoms with van der Waals surface area (Å²) in [7, 11) is 1.65. The second-order valence-electron chi connectivity index (χ2n) is 5.07. The van der Waals surface area contributed by atoms with Gasteiger partial charge >= 0.3 is 5.56 Å². The van der Waals surface area contributed by atoms with Crippen molar-refractivity contribution in [2.24, 2.45) is 0 Å². The van der Waals surface area contributed by atoms with Gasteiger partial charge in [-0.05, 0) is 5.56 Å². The molecule has 1 aromatic heterocycles. The van der Waals surface area contributed by atoms with Crippen molar-refractivity contribution in [3.63, 3.8) is 0 Å². The molecule has 0 spiro atoms. The standard InChI is InChI=1S/C15H15N3O3/c1-17-7-8-18-11(9-10-5-3-2-4-6-10)16-14(20)13(19)12(18)15(17)21/h2-6,19H,7-9H2,1H3. The van der Waals surface area contributed by atoms with Crippen molar-refractivity contribution in [3.8, 4) is 5.75 Å². The third kappa shape index (κ3) is 2.29. The number of hydrogen-bond acceptors (Lipinski definition) is 4. The number of fused-ring (bicyclic) bond motifs is 1. The van der Waals surface area contributed by atoms with E-state index in [1.807, 2.05) is 30.3 Å². The van der Waals surface area contributed by atoms with Gasteiger partial charge < -0.3 is 14.6 Å². The lowest BCUT2D eigenvalue weighted by atomic mass is 10.1. The third-order valence-corrected chi connectivity index (χ3v) is 3.65. The van der Waals surface area contributed by atoms with Crippen LogP contribution in [0.15, 0.2) is 35.1 Å². The Morgan fingerprint density at radius 3 is 2.62 bits per heavy atom. The Bertz CT molecular complexity index is 753. The van der Waals surface area contributed by atoms with Crippen LogP contribution in [0.25, 0.3) is 0 Å². The van der Waals surface area contributed by atoms with Gasteiger partial charge in [0.2, 0.25) is 5.75 Å². The fourth-order valence-corrected chi connectivity index (χ4v) is 2.49. The molecule has 0 saturated carbocycles. The second kappa shape index (κ2) is 5.05. The molecule has 108 valence electrons. The van der Waals surface area contributed by atoms with Crippen molar-refractivity contribution in [1.29, 1.82) is 0 Å². The molecule has 3 rings (SSSR count). The monoisotopic (exact) mass is 285 g/mol. The van der Waals surface area contributed by atoms with Crippen LogP contribution in [0, 0.1) is 0 Å². The summed E-state index contributed by atoms with van der Waals surface area (Å²) in [5, 5.41) is 9.88. The summed E-state index contributed by atoms with van der Waals surface area (Å²) in [5.41, 5.74) is 0.279. The SMILES string of the molecule is CN1CCn2c(Cc3ccccc3)nc(=O)c(O)c2C1=O. The number of carbonyl (C=O) groups is 1. The maximum absolute atomic E-state index is 12.2. The van der Waals surface area contributed by atoms with Crippen molar-refractivity contribution in [2.45, 2.75) is 13.0 Å². The first kappa shape index (κ1) is 13.4. The lowest BCUT2D eigenvalue weighted by Crippen LogP contribution is -2.41. The van der Waals surface area contributed by atoms with E-state index in [2.05, 4.69) is 4.98 Å². The highest BCUT2D eigenvalue weighted by Crippen LogP contribution is 2.20. The van der Waals surface area contributed by atoms with Crippen molar-refractivity contribution in [1.82, 2.24) is 14.5 Å². The largest absolute Gasteiger partial charge is 0.501 e. The van der Waals surface area contributed by atoms with Crippen LogP contribution < -0.4 is 5.56 Å². The Morgan fingerprint density at radius 2 is 1.90 bits per heavy atom. The van der Waals surface area contributed by atoms with Crippen LogP contribution in [0.1, 0.15) is 21.9 Å². The second-order valence-corrected chi connectivity index (χ2v) is 5.07. The van der Waals surface area contributed by atoms with E-state index >= 15 is 0 Å². The molecule has 6 nitrogen and oxygen atoms in total. The van der Waals surface area contributed by atoms with Gasteiger partial charge in [-0.1, -0.05) is 30.3 Å². The minimum absolute atomic E-state index is 0.0367. The average Bonchev–Trinajstić information content (AvgIpc) is 2.48. The molecule has 2 aromatic rings. The smallest absolute Gasteiger partial charge is 0.315 e. The molecule has 6 heteroatoms. The minimum atomic E-state index is -0.754. The van der Waals surface area contributed by atoms with Crippen LogP contribution in [0.4, 0.5) is 0 Å². The van der Waals surface area contributed by atoms with Gasteiger partial charge in [0, 0.05) is 26.6 Å². The van der Waals surface area contributed by atoms with E-state index in [4.69, 9.17) is 0 Å². The molecular formula is C15H15N3O3. The normalized spacial score (nSPS) is 14.1. The fourth-order valence-electron chi connectivity index (χ4n) is 2.49. The maximum Gasteiger partial charge on any atom is 0.315 e. The van der Waals surface area contributed by atoms with Crippen LogP contribution in [-0.2, 0) is 13.0 Å². The summed E-state index contributed by atoms with van der Waals surface area (Å²) >= 11 is 0. The van der Waals surface area contributed by atoms with Gasteiger partial charge in [-0.25, -0.2) is 0 Å². The van der Waals surface area contributed by atoms with Crippen molar-refractivity contribution in [3.05, 3.63) is 57.8 Å². The van der Waals surface area contributed by atoms with Gasteiger partial charge in [-0.3, -0.25) is 9.59 Å². The topological polar surface area (TPSA) is 75.4 Å². The zero-order valence-corrected chi connectivity index (χ0v) is 11.6. The van der Waals surface area contributed by atoms with E-state index in [9.17, 15) is 14.7 Å². The summed E-state index contributed by atoms with van der Waals surface area (Å²) < 4.78 is 1.64. The van der Waals surface area contributed by atoms with E-state index in [-0.39, 0.29) is 11.6 Å². The first-order valence-corrected chi connectivity index (χ1v) is 6.70. The molecule has 1 aromatic carbocycles. The molecule has 0 aliphatic carbocycles. The fraction of sp³-hybridized carbons (Fsp3) is 0.267. The third-order valence-electron chi connectivity index (χ3n) is 3.65. The molecule has 1 N–H and O–H groups in total. The highest BCUT2D eigenvalue weighted by molar-refractivity contribution is 5.95. The van der Waals surface area contributed by atoms with Gasteiger partial charge in [0.15, 0.2) is 5.69 Å². The van der Waals surface area contributed by atoms with Crippen LogP contribution in [-0.4, -0.2) is 39.1 Å². The molecule has 21 heavy (non-hydrogen) atoms. The summed E-state index contributed by atoms with van der Waals surface area (Å²) in [6, 6.07) is 9.59. The van der Waals surface area contributed by atoms with E-state index in [0.717, 1.165) is 5.56 Å². The Morgan fingerprint density at radius 1 is 1.19 bits per heavy atom. The van der Waals surface area contributed by atoms with Gasteiger partial charge in [0.1, 0.15) is 5.82 Å². The van der Waals surface area contributed by atoms with Crippen molar-refractivity contribution in [2.75, 3.05) is 13.6 Å². The van der Waals surface area contributed by atoms with Crippen LogP contribution in [0.2, 0.25) is 0 Å². The van der Waals surface area contributed by atoms with Crippen molar-refractivity contribution < 1.29 is 9.90 Å². The van der Waals surface area contributed by atoms with E-state index < -0.39 is 11.3 Å². The summed E-state index contributed by atoms with van der Waals surface area (Å²) in [6.07, 6.45) is 0.445. The number of amides is 1. The van der Waals surface area contributed by atoms with E-state index in [1.54, 1.807) is 11.6 Å². The first-order chi connectivity index (χ1) is 10.1. The number of carbonyl (C=O) groups excluding carboxylic acids is 1. The molecule has 0 fully saturated rings. The quantitative estimate of drug-likeness (QED) is 0.878. The zero-order valence-electron chi connectivity index (χ0n) is 11.6. The lowest BCUT2D eigenvalue weighted by molar-refractivity contribution is 0.0738. The number of nitrogens with zero attached hydrogens (tertiary/aromatic N) is 3. The van der Waals surface area contributed by atoms with E-state index in [1.165, 1.54) is 4.90 Å². The lowest BCUT2D eigenvalue weighted by Gasteiger charge is -2.28. The van der Waals surface area contributed by atoms with Gasteiger partial charge in [-0.2, -0.15) is 4.98 Å². The Labute approximate surface area is 121 Å². The first-order valence-electron chi connectivity index (χ1n) is 6.70. The summed E-state index contributed by atoms with van der Waals surface area (Å²) in [6.45, 7) is 1.04. The zero-order chi connectivity index (χ0) is 15.0. The van der Waals surface area contributed by atoms with Crippen molar-refractivity contribution >= 4 is 5.91 Å². The molecule has 1 amide bonds. The average molecular weight is 285 g/mol. The van der Waals surface area contributed by atoms with E-state index in [0.29, 0.717) is 25.3 Å². The van der Waals surface area contributed by atoms with Gasteiger partial charge in [0.25, 0.3) is 5.91 Å². The summed E-state index contributed by atoms with van der Waals surface area (Å²) in [4.78, 5) is 29.4. The molecule has 0 unspecified atom stereocenters. The predicted molar refractivity (Wildman–Crippen MR) is 76.4 cm³/mol. The number of aromatic nitrogens is 2. The highest BCUT2D eigenvalue weighted by atomic mass is 16.3. The van der Waals surface area contributed by atoms with Crippen LogP contribution in [0.5, 0.6) is 5.75 Å². The number of likely N-dealkylation sites (N-methyl/N-ethyl adjacent to an activating group) is 1. The van der Waals surface area contributed by atoms with Crippen LogP contribution >= 0.6 is 0 Å². The molecule has 1 aliphatic rings. The highest BCUT2D eigenvalue weighted by Gasteiger charge is 2.28. The molecule has 0 bridgehead atoms. The molecule has 2 heterocycles. The molecule has 1 aliphatic heterocycles. The molecule has 0 saturated heterocycles. The molecule has 0 atom stereocenters. The number of hydrogen-bond donors (Lipinski definition) is 1. The Hall–Kier alpha value is -2.63. The number of benzene rings is 1. The molecular weight excluding hydrogens is 270 g/mol. The van der Waals surface area contributed by atoms with Gasteiger partial charge in [-0.15, -0.1) is 0 Å².